The molecule has 0 aliphatic heterocycles. The highest BCUT2D eigenvalue weighted by Crippen LogP contribution is 2.27. The number of anilines is 1. The van der Waals surface area contributed by atoms with E-state index in [1.54, 1.807) is 55.5 Å². The molecule has 1 atom stereocenters. The van der Waals surface area contributed by atoms with Gasteiger partial charge in [-0.3, -0.25) is 13.9 Å². The van der Waals surface area contributed by atoms with Crippen LogP contribution in [0.25, 0.3) is 0 Å². The Labute approximate surface area is 248 Å². The maximum Gasteiger partial charge on any atom is 0.264 e. The number of nitrogens with one attached hydrogen (secondary N) is 1. The van der Waals surface area contributed by atoms with Crippen LogP contribution in [0.15, 0.2) is 77.7 Å². The zero-order valence-electron chi connectivity index (χ0n) is 24.8. The number of rotatable bonds is 14. The molecular formula is C32H40FN3O5S. The van der Waals surface area contributed by atoms with Crippen molar-refractivity contribution in [1.29, 1.82) is 0 Å². The zero-order chi connectivity index (χ0) is 30.9. The molecule has 2 amide bonds. The first-order valence-electron chi connectivity index (χ1n) is 14.1. The molecule has 3 aromatic rings. The van der Waals surface area contributed by atoms with Crippen molar-refractivity contribution in [2.75, 3.05) is 24.0 Å². The number of amides is 2. The third kappa shape index (κ3) is 8.55. The van der Waals surface area contributed by atoms with E-state index in [2.05, 4.69) is 5.32 Å². The van der Waals surface area contributed by atoms with Crippen molar-refractivity contribution < 1.29 is 27.1 Å². The van der Waals surface area contributed by atoms with Gasteiger partial charge in [0.1, 0.15) is 24.2 Å². The lowest BCUT2D eigenvalue weighted by Gasteiger charge is -2.33. The van der Waals surface area contributed by atoms with Crippen LogP contribution in [0.4, 0.5) is 10.1 Å². The molecule has 226 valence electrons. The van der Waals surface area contributed by atoms with Gasteiger partial charge < -0.3 is 15.0 Å². The van der Waals surface area contributed by atoms with Crippen LogP contribution in [0.5, 0.6) is 5.75 Å². The Morgan fingerprint density at radius 2 is 1.55 bits per heavy atom. The van der Waals surface area contributed by atoms with Crippen LogP contribution >= 0.6 is 0 Å². The predicted molar refractivity (Wildman–Crippen MR) is 162 cm³/mol. The molecule has 3 rings (SSSR count). The van der Waals surface area contributed by atoms with Crippen LogP contribution in [0.1, 0.15) is 45.2 Å². The van der Waals surface area contributed by atoms with E-state index < -0.39 is 34.3 Å². The highest BCUT2D eigenvalue weighted by atomic mass is 32.2. The van der Waals surface area contributed by atoms with Crippen LogP contribution in [-0.4, -0.2) is 50.9 Å². The lowest BCUT2D eigenvalue weighted by Crippen LogP contribution is -2.52. The van der Waals surface area contributed by atoms with E-state index in [-0.39, 0.29) is 29.0 Å². The first-order valence-corrected chi connectivity index (χ1v) is 15.5. The van der Waals surface area contributed by atoms with E-state index in [1.165, 1.54) is 29.2 Å². The molecule has 0 heterocycles. The van der Waals surface area contributed by atoms with Gasteiger partial charge in [-0.2, -0.15) is 0 Å². The first-order chi connectivity index (χ1) is 20.0. The third-order valence-corrected chi connectivity index (χ3v) is 8.45. The molecule has 0 radical (unpaired) electrons. The number of benzene rings is 3. The molecule has 0 fully saturated rings. The Morgan fingerprint density at radius 1 is 0.929 bits per heavy atom. The predicted octanol–water partition coefficient (Wildman–Crippen LogP) is 5.31. The number of hydrogen-bond donors (Lipinski definition) is 1. The Balaban J connectivity index is 2.04. The molecule has 0 saturated carbocycles. The minimum absolute atomic E-state index is 0.00554. The van der Waals surface area contributed by atoms with Gasteiger partial charge in [-0.15, -0.1) is 0 Å². The summed E-state index contributed by atoms with van der Waals surface area (Å²) in [6.07, 6.45) is 0.296. The van der Waals surface area contributed by atoms with E-state index in [0.29, 0.717) is 30.9 Å². The largest absolute Gasteiger partial charge is 0.494 e. The third-order valence-electron chi connectivity index (χ3n) is 6.66. The Bertz CT molecular complexity index is 1430. The molecule has 0 aromatic heterocycles. The minimum Gasteiger partial charge on any atom is -0.494 e. The average molecular weight is 598 g/mol. The van der Waals surface area contributed by atoms with Crippen molar-refractivity contribution in [3.63, 3.8) is 0 Å². The lowest BCUT2D eigenvalue weighted by atomic mass is 10.1. The van der Waals surface area contributed by atoms with Gasteiger partial charge in [0.2, 0.25) is 11.8 Å². The summed E-state index contributed by atoms with van der Waals surface area (Å²) in [5.74, 6) is -0.580. The standard InChI is InChI=1S/C32H40FN3O5S/c1-6-30(32(38)34-20-23(3)4)35(21-25-10-12-26(33)13-11-25)31(37)22-36(27-14-16-28(17-15-27)41-7-2)42(39,40)29-18-8-24(5)9-19-29/h8-19,23,30H,6-7,20-22H2,1-5H3,(H,34,38). The number of carbonyl (C=O) groups is 2. The summed E-state index contributed by atoms with van der Waals surface area (Å²) in [5.41, 5.74) is 1.77. The van der Waals surface area contributed by atoms with E-state index in [9.17, 15) is 22.4 Å². The van der Waals surface area contributed by atoms with E-state index >= 15 is 0 Å². The topological polar surface area (TPSA) is 96.0 Å². The normalized spacial score (nSPS) is 12.1. The second kappa shape index (κ2) is 14.8. The van der Waals surface area contributed by atoms with Gasteiger partial charge in [0.05, 0.1) is 17.2 Å². The molecule has 1 unspecified atom stereocenters. The van der Waals surface area contributed by atoms with Gasteiger partial charge in [0, 0.05) is 13.1 Å². The summed E-state index contributed by atoms with van der Waals surface area (Å²) in [6, 6.07) is 17.6. The monoisotopic (exact) mass is 597 g/mol. The molecule has 3 aromatic carbocycles. The quantitative estimate of drug-likeness (QED) is 0.272. The highest BCUT2D eigenvalue weighted by Gasteiger charge is 2.33. The molecule has 0 aliphatic carbocycles. The van der Waals surface area contributed by atoms with Gasteiger partial charge in [0.15, 0.2) is 0 Å². The Morgan fingerprint density at radius 3 is 2.10 bits per heavy atom. The van der Waals surface area contributed by atoms with Gasteiger partial charge in [-0.25, -0.2) is 12.8 Å². The summed E-state index contributed by atoms with van der Waals surface area (Å²) >= 11 is 0. The number of hydrogen-bond acceptors (Lipinski definition) is 5. The fraction of sp³-hybridized carbons (Fsp3) is 0.375. The molecular weight excluding hydrogens is 557 g/mol. The second-order valence-corrected chi connectivity index (χ2v) is 12.3. The number of sulfonamides is 1. The van der Waals surface area contributed by atoms with Gasteiger partial charge in [-0.05, 0) is 80.3 Å². The van der Waals surface area contributed by atoms with Crippen LogP contribution < -0.4 is 14.4 Å². The van der Waals surface area contributed by atoms with Crippen LogP contribution in [0.3, 0.4) is 0 Å². The number of ether oxygens (including phenoxy) is 1. The van der Waals surface area contributed by atoms with Gasteiger partial charge in [0.25, 0.3) is 10.0 Å². The zero-order valence-corrected chi connectivity index (χ0v) is 25.7. The van der Waals surface area contributed by atoms with Crippen molar-refractivity contribution in [2.24, 2.45) is 5.92 Å². The van der Waals surface area contributed by atoms with Crippen LogP contribution in [0, 0.1) is 18.7 Å². The maximum atomic E-state index is 14.1. The fourth-order valence-corrected chi connectivity index (χ4v) is 5.78. The number of halogens is 1. The lowest BCUT2D eigenvalue weighted by molar-refractivity contribution is -0.140. The summed E-state index contributed by atoms with van der Waals surface area (Å²) in [4.78, 5) is 28.7. The highest BCUT2D eigenvalue weighted by molar-refractivity contribution is 7.92. The molecule has 8 nitrogen and oxygen atoms in total. The second-order valence-electron chi connectivity index (χ2n) is 10.5. The molecule has 0 spiro atoms. The van der Waals surface area contributed by atoms with Crippen molar-refractivity contribution in [1.82, 2.24) is 10.2 Å². The molecule has 0 saturated heterocycles. The summed E-state index contributed by atoms with van der Waals surface area (Å²) in [5, 5.41) is 2.89. The number of aryl methyl sites for hydroxylation is 1. The molecule has 0 bridgehead atoms. The van der Waals surface area contributed by atoms with Crippen molar-refractivity contribution >= 4 is 27.5 Å². The molecule has 10 heteroatoms. The molecule has 0 aliphatic rings. The number of nitrogens with zero attached hydrogens (tertiary/aromatic N) is 2. The summed E-state index contributed by atoms with van der Waals surface area (Å²) in [7, 11) is -4.18. The van der Waals surface area contributed by atoms with E-state index in [1.807, 2.05) is 27.7 Å². The molecule has 1 N–H and O–H groups in total. The van der Waals surface area contributed by atoms with Crippen LogP contribution in [-0.2, 0) is 26.2 Å². The Kier molecular flexibility index (Phi) is 11.5. The van der Waals surface area contributed by atoms with Crippen LogP contribution in [0.2, 0.25) is 0 Å². The SMILES string of the molecule is CCOc1ccc(N(CC(=O)N(Cc2ccc(F)cc2)C(CC)C(=O)NCC(C)C)S(=O)(=O)c2ccc(C)cc2)cc1. The smallest absolute Gasteiger partial charge is 0.264 e. The van der Waals surface area contributed by atoms with E-state index in [0.717, 1.165) is 9.87 Å². The van der Waals surface area contributed by atoms with Crippen molar-refractivity contribution in [3.8, 4) is 5.75 Å². The summed E-state index contributed by atoms with van der Waals surface area (Å²) in [6.45, 7) is 9.73. The van der Waals surface area contributed by atoms with Gasteiger partial charge >= 0.3 is 0 Å². The number of carbonyl (C=O) groups excluding carboxylic acids is 2. The maximum absolute atomic E-state index is 14.1. The van der Waals surface area contributed by atoms with Gasteiger partial charge in [-0.1, -0.05) is 50.6 Å². The first kappa shape index (κ1) is 32.6. The Hall–Kier alpha value is -3.92. The van der Waals surface area contributed by atoms with Crippen molar-refractivity contribution in [2.45, 2.75) is 58.5 Å². The summed E-state index contributed by atoms with van der Waals surface area (Å²) < 4.78 is 48.1. The molecule has 42 heavy (non-hydrogen) atoms. The minimum atomic E-state index is -4.18. The fourth-order valence-electron chi connectivity index (χ4n) is 4.37. The van der Waals surface area contributed by atoms with Crippen molar-refractivity contribution in [3.05, 3.63) is 89.7 Å². The average Bonchev–Trinajstić information content (AvgIpc) is 2.96. The van der Waals surface area contributed by atoms with E-state index in [4.69, 9.17) is 4.74 Å².